The molecule has 1 atom stereocenters. The number of carbonyl (C=O) groups is 1. The molecule has 0 aliphatic carbocycles. The Morgan fingerprint density at radius 2 is 1.72 bits per heavy atom. The molecule has 1 amide bonds. The molecule has 43 heavy (non-hydrogen) atoms. The Bertz CT molecular complexity index is 2010. The first-order valence-electron chi connectivity index (χ1n) is 13.6. The zero-order chi connectivity index (χ0) is 30.9. The van der Waals surface area contributed by atoms with Gasteiger partial charge >= 0.3 is 0 Å². The van der Waals surface area contributed by atoms with Crippen LogP contribution in [0.1, 0.15) is 43.0 Å². The zero-order valence-electron chi connectivity index (χ0n) is 23.8. The molecule has 5 rings (SSSR count). The highest BCUT2D eigenvalue weighted by Crippen LogP contribution is 2.27. The van der Waals surface area contributed by atoms with Gasteiger partial charge in [-0.2, -0.15) is 0 Å². The molecule has 0 fully saturated rings. The van der Waals surface area contributed by atoms with Crippen molar-refractivity contribution in [3.05, 3.63) is 112 Å². The average Bonchev–Trinajstić information content (AvgIpc) is 2.97. The number of carbonyl (C=O) groups excluding carboxylic acids is 1. The van der Waals surface area contributed by atoms with Gasteiger partial charge in [-0.15, -0.1) is 0 Å². The van der Waals surface area contributed by atoms with Crippen LogP contribution >= 0.6 is 11.6 Å². The predicted octanol–water partition coefficient (Wildman–Crippen LogP) is 5.60. The van der Waals surface area contributed by atoms with Crippen molar-refractivity contribution in [3.8, 4) is 16.9 Å². The lowest BCUT2D eigenvalue weighted by atomic mass is 10.1. The maximum atomic E-state index is 13.7. The SMILES string of the molecule is CC(C)CS(=O)(=O)c1cccc(-c2cnc(N)c(C(=O)N[C@@H](C)c3cc4cccc(Cl)c4c(=O)n3-c3ccccc3)n2)c1. The molecule has 0 aliphatic heterocycles. The second-order valence-corrected chi connectivity index (χ2v) is 13.1. The minimum Gasteiger partial charge on any atom is -0.382 e. The Hall–Kier alpha value is -4.54. The summed E-state index contributed by atoms with van der Waals surface area (Å²) in [5.41, 5.74) is 7.52. The first-order chi connectivity index (χ1) is 20.5. The lowest BCUT2D eigenvalue weighted by molar-refractivity contribution is 0.0934. The van der Waals surface area contributed by atoms with Gasteiger partial charge in [-0.1, -0.05) is 67.9 Å². The third-order valence-corrected chi connectivity index (χ3v) is 9.28. The fraction of sp³-hybridized carbons (Fsp3) is 0.188. The Kier molecular flexibility index (Phi) is 8.34. The summed E-state index contributed by atoms with van der Waals surface area (Å²) in [6.45, 7) is 5.43. The standard InChI is InChI=1S/C32H30ClN5O4S/c1-19(2)18-43(41,42)24-13-7-9-21(15-24)26-17-35-30(34)29(37-26)31(39)36-20(3)27-16-22-10-8-14-25(33)28(22)32(40)38(27)23-11-5-4-6-12-23/h4-17,19-20H,18H2,1-3H3,(H2,34,35)(H,36,39)/t20-/m0/s1. The summed E-state index contributed by atoms with van der Waals surface area (Å²) in [5, 5.41) is 4.23. The van der Waals surface area contributed by atoms with Gasteiger partial charge in [0, 0.05) is 16.9 Å². The van der Waals surface area contributed by atoms with Crippen molar-refractivity contribution in [2.45, 2.75) is 31.7 Å². The first-order valence-corrected chi connectivity index (χ1v) is 15.7. The Morgan fingerprint density at radius 1 is 1.00 bits per heavy atom. The van der Waals surface area contributed by atoms with Crippen LogP contribution in [0.15, 0.2) is 94.7 Å². The molecule has 0 spiro atoms. The van der Waals surface area contributed by atoms with Crippen LogP contribution in [0, 0.1) is 5.92 Å². The summed E-state index contributed by atoms with van der Waals surface area (Å²) in [5.74, 6) is -0.742. The molecular weight excluding hydrogens is 586 g/mol. The number of sulfone groups is 1. The van der Waals surface area contributed by atoms with Crippen molar-refractivity contribution in [1.29, 1.82) is 0 Å². The van der Waals surface area contributed by atoms with Crippen molar-refractivity contribution < 1.29 is 13.2 Å². The third kappa shape index (κ3) is 6.16. The number of nitrogens with one attached hydrogen (secondary N) is 1. The van der Waals surface area contributed by atoms with Gasteiger partial charge in [0.25, 0.3) is 11.5 Å². The summed E-state index contributed by atoms with van der Waals surface area (Å²) in [6.07, 6.45) is 1.39. The highest BCUT2D eigenvalue weighted by atomic mass is 35.5. The molecule has 2 aromatic heterocycles. The minimum atomic E-state index is -3.51. The van der Waals surface area contributed by atoms with Gasteiger partial charge in [0.1, 0.15) is 0 Å². The summed E-state index contributed by atoms with van der Waals surface area (Å²) in [4.78, 5) is 36.0. The number of pyridine rings is 1. The smallest absolute Gasteiger partial charge is 0.274 e. The number of benzene rings is 3. The molecule has 0 radical (unpaired) electrons. The highest BCUT2D eigenvalue weighted by Gasteiger charge is 2.23. The first kappa shape index (κ1) is 29.9. The van der Waals surface area contributed by atoms with E-state index in [2.05, 4.69) is 15.3 Å². The lowest BCUT2D eigenvalue weighted by Gasteiger charge is -2.21. The van der Waals surface area contributed by atoms with Gasteiger partial charge in [-0.25, -0.2) is 18.4 Å². The topological polar surface area (TPSA) is 137 Å². The van der Waals surface area contributed by atoms with E-state index in [9.17, 15) is 18.0 Å². The second kappa shape index (κ2) is 12.0. The Balaban J connectivity index is 1.52. The summed E-state index contributed by atoms with van der Waals surface area (Å²) >= 11 is 6.41. The number of aromatic nitrogens is 3. The van der Waals surface area contributed by atoms with Crippen molar-refractivity contribution in [3.63, 3.8) is 0 Å². The zero-order valence-corrected chi connectivity index (χ0v) is 25.4. The van der Waals surface area contributed by atoms with E-state index in [4.69, 9.17) is 17.3 Å². The maximum absolute atomic E-state index is 13.7. The van der Waals surface area contributed by atoms with E-state index in [0.717, 1.165) is 0 Å². The number of hydrogen-bond acceptors (Lipinski definition) is 7. The van der Waals surface area contributed by atoms with E-state index in [1.807, 2.05) is 38.1 Å². The number of hydrogen-bond donors (Lipinski definition) is 2. The van der Waals surface area contributed by atoms with Crippen LogP contribution in [-0.2, 0) is 9.84 Å². The Morgan fingerprint density at radius 3 is 2.44 bits per heavy atom. The summed E-state index contributed by atoms with van der Waals surface area (Å²) < 4.78 is 27.1. The second-order valence-electron chi connectivity index (χ2n) is 10.6. The monoisotopic (exact) mass is 615 g/mol. The number of fused-ring (bicyclic) bond motifs is 1. The fourth-order valence-corrected chi connectivity index (χ4v) is 6.85. The molecule has 2 heterocycles. The van der Waals surface area contributed by atoms with Crippen LogP contribution in [0.4, 0.5) is 5.82 Å². The molecule has 0 unspecified atom stereocenters. The number of para-hydroxylation sites is 1. The largest absolute Gasteiger partial charge is 0.382 e. The summed E-state index contributed by atoms with van der Waals surface area (Å²) in [6, 6.07) is 21.8. The lowest BCUT2D eigenvalue weighted by Crippen LogP contribution is -2.33. The average molecular weight is 616 g/mol. The van der Waals surface area contributed by atoms with Gasteiger partial charge < -0.3 is 11.1 Å². The number of anilines is 1. The summed E-state index contributed by atoms with van der Waals surface area (Å²) in [7, 11) is -3.51. The number of rotatable bonds is 8. The van der Waals surface area contributed by atoms with Gasteiger partial charge in [0.05, 0.1) is 39.0 Å². The number of nitrogens with zero attached hydrogens (tertiary/aromatic N) is 3. The molecule has 0 saturated heterocycles. The molecule has 0 aliphatic rings. The molecule has 0 bridgehead atoms. The van der Waals surface area contributed by atoms with Crippen LogP contribution in [0.5, 0.6) is 0 Å². The fourth-order valence-electron chi connectivity index (χ4n) is 4.93. The molecule has 3 aromatic carbocycles. The van der Waals surface area contributed by atoms with Gasteiger partial charge in [0.2, 0.25) is 0 Å². The molecule has 3 N–H and O–H groups in total. The van der Waals surface area contributed by atoms with E-state index in [-0.39, 0.29) is 39.3 Å². The van der Waals surface area contributed by atoms with Gasteiger partial charge in [-0.3, -0.25) is 14.2 Å². The van der Waals surface area contributed by atoms with E-state index in [1.165, 1.54) is 22.9 Å². The number of amides is 1. The van der Waals surface area contributed by atoms with Crippen LogP contribution in [0.2, 0.25) is 5.02 Å². The van der Waals surface area contributed by atoms with Gasteiger partial charge in [-0.05, 0) is 54.6 Å². The van der Waals surface area contributed by atoms with Crippen LogP contribution in [0.3, 0.4) is 0 Å². The van der Waals surface area contributed by atoms with Crippen molar-refractivity contribution in [2.75, 3.05) is 11.5 Å². The molecule has 11 heteroatoms. The van der Waals surface area contributed by atoms with E-state index < -0.39 is 21.8 Å². The van der Waals surface area contributed by atoms with Crippen molar-refractivity contribution in [1.82, 2.24) is 19.9 Å². The maximum Gasteiger partial charge on any atom is 0.274 e. The van der Waals surface area contributed by atoms with Crippen LogP contribution in [-0.4, -0.2) is 34.6 Å². The number of halogens is 1. The molecule has 9 nitrogen and oxygen atoms in total. The number of nitrogens with two attached hydrogens (primary N) is 1. The molecule has 5 aromatic rings. The third-order valence-electron chi connectivity index (χ3n) is 6.89. The van der Waals surface area contributed by atoms with Gasteiger partial charge in [0.15, 0.2) is 21.3 Å². The highest BCUT2D eigenvalue weighted by molar-refractivity contribution is 7.91. The normalized spacial score (nSPS) is 12.4. The van der Waals surface area contributed by atoms with E-state index >= 15 is 0 Å². The predicted molar refractivity (Wildman–Crippen MR) is 169 cm³/mol. The molecular formula is C32H30ClN5O4S. The van der Waals surface area contributed by atoms with E-state index in [0.29, 0.717) is 32.7 Å². The van der Waals surface area contributed by atoms with Crippen LogP contribution in [0.25, 0.3) is 27.7 Å². The quantitative estimate of drug-likeness (QED) is 0.232. The molecule has 220 valence electrons. The van der Waals surface area contributed by atoms with Crippen LogP contribution < -0.4 is 16.6 Å². The number of nitrogen functional groups attached to an aromatic ring is 1. The Labute approximate surface area is 254 Å². The van der Waals surface area contributed by atoms with E-state index in [1.54, 1.807) is 49.4 Å². The van der Waals surface area contributed by atoms with Crippen molar-refractivity contribution >= 4 is 43.9 Å². The van der Waals surface area contributed by atoms with Crippen molar-refractivity contribution in [2.24, 2.45) is 5.92 Å². The minimum absolute atomic E-state index is 0.00441. The molecule has 0 saturated carbocycles.